The molecule has 1 heterocycles. The lowest BCUT2D eigenvalue weighted by Gasteiger charge is -2.24. The third-order valence-electron chi connectivity index (χ3n) is 2.74. The molecular weight excluding hydrogens is 200 g/mol. The number of ether oxygens (including phenoxy) is 3. The van der Waals surface area contributed by atoms with E-state index in [0.717, 1.165) is 0 Å². The van der Waals surface area contributed by atoms with Crippen LogP contribution in [0.3, 0.4) is 0 Å². The molecule has 15 heavy (non-hydrogen) atoms. The van der Waals surface area contributed by atoms with Gasteiger partial charge in [0.2, 0.25) is 0 Å². The molecule has 0 aromatic carbocycles. The highest BCUT2D eigenvalue weighted by Crippen LogP contribution is 2.34. The molecule has 1 N–H and O–H groups in total. The Labute approximate surface area is 89.3 Å². The fraction of sp³-hybridized carbons (Fsp3) is 0.900. The van der Waals surface area contributed by atoms with Gasteiger partial charge in [-0.3, -0.25) is 0 Å². The van der Waals surface area contributed by atoms with Crippen LogP contribution in [0.4, 0.5) is 0 Å². The van der Waals surface area contributed by atoms with Crippen LogP contribution in [0.15, 0.2) is 0 Å². The molecule has 0 saturated carbocycles. The smallest absolute Gasteiger partial charge is 0.337 e. The fourth-order valence-corrected chi connectivity index (χ4v) is 1.71. The van der Waals surface area contributed by atoms with E-state index in [1.165, 1.54) is 7.11 Å². The predicted octanol–water partition coefficient (Wildman–Crippen LogP) is 0.452. The minimum Gasteiger partial charge on any atom is -0.467 e. The van der Waals surface area contributed by atoms with E-state index < -0.39 is 24.0 Å². The first-order chi connectivity index (χ1) is 7.12. The molecule has 1 saturated heterocycles. The van der Waals surface area contributed by atoms with Crippen LogP contribution in [0, 0.1) is 0 Å². The Balaban J connectivity index is 2.78. The molecule has 0 radical (unpaired) electrons. The van der Waals surface area contributed by atoms with Crippen LogP contribution in [0.5, 0.6) is 0 Å². The summed E-state index contributed by atoms with van der Waals surface area (Å²) < 4.78 is 15.7. The first kappa shape index (κ1) is 12.4. The number of aliphatic hydroxyl groups is 1. The molecule has 1 aliphatic rings. The van der Waals surface area contributed by atoms with Crippen molar-refractivity contribution in [3.63, 3.8) is 0 Å². The summed E-state index contributed by atoms with van der Waals surface area (Å²) >= 11 is 0. The summed E-state index contributed by atoms with van der Waals surface area (Å²) in [6.07, 6.45) is -0.182. The minimum absolute atomic E-state index is 0.248. The normalized spacial score (nSPS) is 29.1. The van der Waals surface area contributed by atoms with Crippen LogP contribution in [0.2, 0.25) is 0 Å². The summed E-state index contributed by atoms with van der Waals surface area (Å²) in [6, 6.07) is 0. The number of methoxy groups -OCH3 is 1. The van der Waals surface area contributed by atoms with Gasteiger partial charge in [-0.1, -0.05) is 13.8 Å². The molecule has 0 aromatic rings. The largest absolute Gasteiger partial charge is 0.467 e. The van der Waals surface area contributed by atoms with Crippen LogP contribution < -0.4 is 0 Å². The zero-order valence-electron chi connectivity index (χ0n) is 9.36. The fourth-order valence-electron chi connectivity index (χ4n) is 1.71. The second kappa shape index (κ2) is 4.92. The van der Waals surface area contributed by atoms with Crippen LogP contribution >= 0.6 is 0 Å². The van der Waals surface area contributed by atoms with Crippen LogP contribution in [-0.4, -0.2) is 42.8 Å². The third kappa shape index (κ3) is 2.30. The van der Waals surface area contributed by atoms with Gasteiger partial charge in [-0.15, -0.1) is 0 Å². The molecule has 88 valence electrons. The molecule has 1 aliphatic heterocycles. The van der Waals surface area contributed by atoms with E-state index in [1.54, 1.807) is 0 Å². The van der Waals surface area contributed by atoms with Gasteiger partial charge in [0, 0.05) is 0 Å². The predicted molar refractivity (Wildman–Crippen MR) is 52.2 cm³/mol. The summed E-state index contributed by atoms with van der Waals surface area (Å²) in [4.78, 5) is 11.4. The maximum Gasteiger partial charge on any atom is 0.337 e. The summed E-state index contributed by atoms with van der Waals surface area (Å²) in [5.41, 5.74) is 0. The summed E-state index contributed by atoms with van der Waals surface area (Å²) in [5, 5.41) is 9.09. The maximum absolute atomic E-state index is 11.4. The van der Waals surface area contributed by atoms with Crippen molar-refractivity contribution in [1.29, 1.82) is 0 Å². The number of aliphatic hydroxyl groups excluding tert-OH is 1. The molecule has 0 spiro atoms. The van der Waals surface area contributed by atoms with Gasteiger partial charge in [0.15, 0.2) is 11.9 Å². The van der Waals surface area contributed by atoms with Crippen molar-refractivity contribution in [1.82, 2.24) is 0 Å². The van der Waals surface area contributed by atoms with Gasteiger partial charge in [0.25, 0.3) is 0 Å². The Hall–Kier alpha value is -0.650. The van der Waals surface area contributed by atoms with Crippen LogP contribution in [-0.2, 0) is 19.0 Å². The van der Waals surface area contributed by atoms with E-state index in [0.29, 0.717) is 12.8 Å². The van der Waals surface area contributed by atoms with Gasteiger partial charge in [-0.2, -0.15) is 0 Å². The summed E-state index contributed by atoms with van der Waals surface area (Å²) in [5.74, 6) is -1.26. The lowest BCUT2D eigenvalue weighted by molar-refractivity contribution is -0.188. The van der Waals surface area contributed by atoms with Crippen molar-refractivity contribution in [3.8, 4) is 0 Å². The number of rotatable bonds is 4. The first-order valence-corrected chi connectivity index (χ1v) is 5.16. The van der Waals surface area contributed by atoms with E-state index in [1.807, 2.05) is 13.8 Å². The van der Waals surface area contributed by atoms with Crippen LogP contribution in [0.1, 0.15) is 26.7 Å². The van der Waals surface area contributed by atoms with E-state index in [9.17, 15) is 4.79 Å². The number of carbonyl (C=O) groups excluding carboxylic acids is 1. The van der Waals surface area contributed by atoms with Gasteiger partial charge in [0.05, 0.1) is 13.7 Å². The van der Waals surface area contributed by atoms with Crippen molar-refractivity contribution in [2.45, 2.75) is 44.7 Å². The van der Waals surface area contributed by atoms with E-state index >= 15 is 0 Å². The zero-order valence-corrected chi connectivity index (χ0v) is 9.36. The summed E-state index contributed by atoms with van der Waals surface area (Å²) in [7, 11) is 1.29. The molecule has 0 bridgehead atoms. The molecule has 0 aromatic heterocycles. The molecular formula is C10H18O5. The van der Waals surface area contributed by atoms with Gasteiger partial charge in [-0.05, 0) is 12.8 Å². The van der Waals surface area contributed by atoms with Gasteiger partial charge >= 0.3 is 5.97 Å². The number of esters is 1. The highest BCUT2D eigenvalue weighted by atomic mass is 16.8. The van der Waals surface area contributed by atoms with Gasteiger partial charge in [-0.25, -0.2) is 4.79 Å². The molecule has 0 amide bonds. The average molecular weight is 218 g/mol. The first-order valence-electron chi connectivity index (χ1n) is 5.16. The van der Waals surface area contributed by atoms with Crippen LogP contribution in [0.25, 0.3) is 0 Å². The number of hydrogen-bond acceptors (Lipinski definition) is 5. The van der Waals surface area contributed by atoms with Crippen molar-refractivity contribution in [3.05, 3.63) is 0 Å². The zero-order chi connectivity index (χ0) is 11.5. The monoisotopic (exact) mass is 218 g/mol. The Morgan fingerprint density at radius 3 is 2.40 bits per heavy atom. The highest BCUT2D eigenvalue weighted by molar-refractivity contribution is 5.75. The molecule has 1 rings (SSSR count). The Morgan fingerprint density at radius 2 is 2.00 bits per heavy atom. The number of hydrogen-bond donors (Lipinski definition) is 1. The van der Waals surface area contributed by atoms with Crippen molar-refractivity contribution in [2.75, 3.05) is 13.7 Å². The number of carbonyl (C=O) groups is 1. The van der Waals surface area contributed by atoms with E-state index in [2.05, 4.69) is 4.74 Å². The topological polar surface area (TPSA) is 65.0 Å². The Bertz CT molecular complexity index is 224. The highest BCUT2D eigenvalue weighted by Gasteiger charge is 2.48. The third-order valence-corrected chi connectivity index (χ3v) is 2.74. The molecule has 2 unspecified atom stereocenters. The SMILES string of the molecule is CCC1(CC)OC(CO)C(C(=O)OC)O1. The van der Waals surface area contributed by atoms with Crippen molar-refractivity contribution < 1.29 is 24.1 Å². The quantitative estimate of drug-likeness (QED) is 0.694. The second-order valence-electron chi connectivity index (χ2n) is 3.52. The maximum atomic E-state index is 11.4. The van der Waals surface area contributed by atoms with Crippen molar-refractivity contribution >= 4 is 5.97 Å². The Morgan fingerprint density at radius 1 is 1.40 bits per heavy atom. The Kier molecular flexibility index (Phi) is 4.07. The summed E-state index contributed by atoms with van der Waals surface area (Å²) in [6.45, 7) is 3.58. The second-order valence-corrected chi connectivity index (χ2v) is 3.52. The molecule has 0 aliphatic carbocycles. The van der Waals surface area contributed by atoms with E-state index in [4.69, 9.17) is 14.6 Å². The minimum atomic E-state index is -0.820. The molecule has 5 heteroatoms. The molecule has 2 atom stereocenters. The lowest BCUT2D eigenvalue weighted by atomic mass is 10.1. The van der Waals surface area contributed by atoms with Gasteiger partial charge in [0.1, 0.15) is 6.10 Å². The molecule has 5 nitrogen and oxygen atoms in total. The van der Waals surface area contributed by atoms with Gasteiger partial charge < -0.3 is 19.3 Å². The standard InChI is InChI=1S/C10H18O5/c1-4-10(5-2)14-7(6-11)8(15-10)9(12)13-3/h7-8,11H,4-6H2,1-3H3. The average Bonchev–Trinajstić information content (AvgIpc) is 2.68. The van der Waals surface area contributed by atoms with Crippen molar-refractivity contribution in [2.24, 2.45) is 0 Å². The van der Waals surface area contributed by atoms with E-state index in [-0.39, 0.29) is 6.61 Å². The molecule has 1 fully saturated rings. The lowest BCUT2D eigenvalue weighted by Crippen LogP contribution is -2.34.